The summed E-state index contributed by atoms with van der Waals surface area (Å²) in [4.78, 5) is 8.33. The van der Waals surface area contributed by atoms with E-state index in [0.29, 0.717) is 22.3 Å². The third kappa shape index (κ3) is 2.27. The van der Waals surface area contributed by atoms with Gasteiger partial charge in [-0.25, -0.2) is 9.37 Å². The minimum absolute atomic E-state index is 0.135. The molecule has 0 N–H and O–H groups in total. The summed E-state index contributed by atoms with van der Waals surface area (Å²) in [6, 6.07) is 3.25. The zero-order valence-electron chi connectivity index (χ0n) is 12.4. The molecule has 0 aliphatic rings. The molecule has 22 heavy (non-hydrogen) atoms. The smallest absolute Gasteiger partial charge is 0.261 e. The Morgan fingerprint density at radius 1 is 1.27 bits per heavy atom. The van der Waals surface area contributed by atoms with Gasteiger partial charge < -0.3 is 4.52 Å². The van der Waals surface area contributed by atoms with E-state index >= 15 is 0 Å². The van der Waals surface area contributed by atoms with Crippen molar-refractivity contribution in [2.75, 3.05) is 0 Å². The highest BCUT2D eigenvalue weighted by Crippen LogP contribution is 2.35. The topological polar surface area (TPSA) is 51.8 Å². The summed E-state index contributed by atoms with van der Waals surface area (Å²) in [6.45, 7) is 9.21. The Balaban J connectivity index is 2.38. The van der Waals surface area contributed by atoms with Gasteiger partial charge in [0.2, 0.25) is 0 Å². The van der Waals surface area contributed by atoms with E-state index in [1.54, 1.807) is 6.92 Å². The van der Waals surface area contributed by atoms with Gasteiger partial charge in [0, 0.05) is 5.39 Å². The van der Waals surface area contributed by atoms with Gasteiger partial charge in [-0.1, -0.05) is 28.9 Å². The van der Waals surface area contributed by atoms with Gasteiger partial charge in [0.05, 0.1) is 5.56 Å². The molecule has 3 rings (SSSR count). The lowest BCUT2D eigenvalue weighted by Crippen LogP contribution is -1.96. The number of allylic oxidation sites excluding steroid dienone is 1. The number of benzene rings is 1. The van der Waals surface area contributed by atoms with Crippen LogP contribution >= 0.6 is 11.6 Å². The van der Waals surface area contributed by atoms with E-state index in [4.69, 9.17) is 16.1 Å². The molecule has 6 heteroatoms. The van der Waals surface area contributed by atoms with Gasteiger partial charge in [0.25, 0.3) is 5.89 Å². The highest BCUT2D eigenvalue weighted by atomic mass is 35.5. The van der Waals surface area contributed by atoms with Gasteiger partial charge in [-0.15, -0.1) is 0 Å². The van der Waals surface area contributed by atoms with Gasteiger partial charge in [-0.2, -0.15) is 4.98 Å². The Morgan fingerprint density at radius 2 is 2.00 bits per heavy atom. The van der Waals surface area contributed by atoms with Crippen LogP contribution < -0.4 is 0 Å². The molecule has 0 saturated carbocycles. The summed E-state index contributed by atoms with van der Waals surface area (Å²) in [5, 5.41) is 4.54. The van der Waals surface area contributed by atoms with Crippen molar-refractivity contribution in [2.45, 2.75) is 20.8 Å². The molecule has 2 heterocycles. The lowest BCUT2D eigenvalue weighted by molar-refractivity contribution is 0.425. The maximum atomic E-state index is 14.3. The molecule has 3 aromatic rings. The minimum Gasteiger partial charge on any atom is -0.334 e. The molecule has 0 spiro atoms. The summed E-state index contributed by atoms with van der Waals surface area (Å²) < 4.78 is 19.5. The van der Waals surface area contributed by atoms with Crippen LogP contribution in [0.15, 0.2) is 23.2 Å². The average Bonchev–Trinajstić information content (AvgIpc) is 2.86. The number of aromatic nitrogens is 3. The molecule has 4 nitrogen and oxygen atoms in total. The van der Waals surface area contributed by atoms with Gasteiger partial charge >= 0.3 is 0 Å². The minimum atomic E-state index is -0.436. The molecule has 0 amide bonds. The molecule has 1 aromatic carbocycles. The fourth-order valence-electron chi connectivity index (χ4n) is 2.34. The van der Waals surface area contributed by atoms with E-state index in [-0.39, 0.29) is 16.6 Å². The van der Waals surface area contributed by atoms with Crippen molar-refractivity contribution in [1.29, 1.82) is 0 Å². The lowest BCUT2D eigenvalue weighted by Gasteiger charge is -2.11. The summed E-state index contributed by atoms with van der Waals surface area (Å²) >= 11 is 6.20. The van der Waals surface area contributed by atoms with E-state index in [1.165, 1.54) is 6.07 Å². The lowest BCUT2D eigenvalue weighted by atomic mass is 10.00. The van der Waals surface area contributed by atoms with Gasteiger partial charge in [-0.05, 0) is 44.0 Å². The Labute approximate surface area is 131 Å². The van der Waals surface area contributed by atoms with Crippen molar-refractivity contribution in [1.82, 2.24) is 15.1 Å². The first-order valence-electron chi connectivity index (χ1n) is 6.64. The number of halogens is 2. The molecular formula is C16H13ClFN3O. The standard InChI is InChI=1S/C16H13ClFN3O/c1-7(2)10-5-11-8(3)13(16-19-9(4)21-22-16)15(17)20-14(11)12(18)6-10/h5-6H,1H2,2-4H3. The Bertz CT molecular complexity index is 917. The number of nitrogens with zero attached hydrogens (tertiary/aromatic N) is 3. The first-order chi connectivity index (χ1) is 10.4. The second-order valence-corrected chi connectivity index (χ2v) is 5.54. The van der Waals surface area contributed by atoms with Gasteiger partial charge in [0.15, 0.2) is 5.82 Å². The second kappa shape index (κ2) is 5.18. The Morgan fingerprint density at radius 3 is 2.59 bits per heavy atom. The van der Waals surface area contributed by atoms with Crippen molar-refractivity contribution in [3.05, 3.63) is 46.6 Å². The zero-order valence-corrected chi connectivity index (χ0v) is 13.1. The normalized spacial score (nSPS) is 11.1. The molecule has 0 bridgehead atoms. The SMILES string of the molecule is C=C(C)c1cc(F)c2nc(Cl)c(-c3nc(C)no3)c(C)c2c1. The van der Waals surface area contributed by atoms with E-state index in [0.717, 1.165) is 11.1 Å². The summed E-state index contributed by atoms with van der Waals surface area (Å²) in [5.41, 5.74) is 2.95. The second-order valence-electron chi connectivity index (χ2n) is 5.18. The van der Waals surface area contributed by atoms with Crippen LogP contribution in [-0.2, 0) is 0 Å². The van der Waals surface area contributed by atoms with Crippen molar-refractivity contribution < 1.29 is 8.91 Å². The first-order valence-corrected chi connectivity index (χ1v) is 7.02. The third-order valence-electron chi connectivity index (χ3n) is 3.49. The van der Waals surface area contributed by atoms with Gasteiger partial charge in [-0.3, -0.25) is 0 Å². The largest absolute Gasteiger partial charge is 0.334 e. The first kappa shape index (κ1) is 14.7. The van der Waals surface area contributed by atoms with Crippen LogP contribution in [0.3, 0.4) is 0 Å². The van der Waals surface area contributed by atoms with Crippen molar-refractivity contribution >= 4 is 28.1 Å². The molecule has 0 atom stereocenters. The maximum Gasteiger partial charge on any atom is 0.261 e. The number of rotatable bonds is 2. The highest BCUT2D eigenvalue weighted by molar-refractivity contribution is 6.32. The van der Waals surface area contributed by atoms with Crippen LogP contribution in [0.5, 0.6) is 0 Å². The quantitative estimate of drug-likeness (QED) is 0.641. The summed E-state index contributed by atoms with van der Waals surface area (Å²) in [6.07, 6.45) is 0. The van der Waals surface area contributed by atoms with Crippen LogP contribution in [0.4, 0.5) is 4.39 Å². The number of aryl methyl sites for hydroxylation is 2. The Hall–Kier alpha value is -2.27. The highest BCUT2D eigenvalue weighted by Gasteiger charge is 2.20. The van der Waals surface area contributed by atoms with Crippen LogP contribution in [0, 0.1) is 19.7 Å². The molecule has 112 valence electrons. The zero-order chi connectivity index (χ0) is 16.0. The molecule has 0 aliphatic heterocycles. The average molecular weight is 318 g/mol. The molecule has 0 unspecified atom stereocenters. The number of hydrogen-bond acceptors (Lipinski definition) is 4. The monoisotopic (exact) mass is 317 g/mol. The molecule has 0 aliphatic carbocycles. The van der Waals surface area contributed by atoms with Crippen LogP contribution in [0.1, 0.15) is 23.9 Å². The summed E-state index contributed by atoms with van der Waals surface area (Å²) in [7, 11) is 0. The fourth-order valence-corrected chi connectivity index (χ4v) is 2.64. The van der Waals surface area contributed by atoms with Crippen molar-refractivity contribution in [3.63, 3.8) is 0 Å². The van der Waals surface area contributed by atoms with Crippen molar-refractivity contribution in [2.24, 2.45) is 0 Å². The van der Waals surface area contributed by atoms with E-state index in [1.807, 2.05) is 19.9 Å². The molecule has 0 fully saturated rings. The summed E-state index contributed by atoms with van der Waals surface area (Å²) in [5.74, 6) is 0.330. The van der Waals surface area contributed by atoms with Crippen LogP contribution in [0.25, 0.3) is 27.9 Å². The molecule has 0 saturated heterocycles. The van der Waals surface area contributed by atoms with Gasteiger partial charge in [0.1, 0.15) is 16.5 Å². The number of hydrogen-bond donors (Lipinski definition) is 0. The molecule has 0 radical (unpaired) electrons. The Kier molecular flexibility index (Phi) is 3.45. The fraction of sp³-hybridized carbons (Fsp3) is 0.188. The predicted octanol–water partition coefficient (Wildman–Crippen LogP) is 4.73. The molecule has 2 aromatic heterocycles. The number of fused-ring (bicyclic) bond motifs is 1. The van der Waals surface area contributed by atoms with E-state index < -0.39 is 5.82 Å². The van der Waals surface area contributed by atoms with E-state index in [9.17, 15) is 4.39 Å². The third-order valence-corrected chi connectivity index (χ3v) is 3.77. The van der Waals surface area contributed by atoms with E-state index in [2.05, 4.69) is 21.7 Å². The van der Waals surface area contributed by atoms with Crippen molar-refractivity contribution in [3.8, 4) is 11.5 Å². The van der Waals surface area contributed by atoms with Crippen LogP contribution in [0.2, 0.25) is 5.15 Å². The number of pyridine rings is 1. The maximum absolute atomic E-state index is 14.3. The predicted molar refractivity (Wildman–Crippen MR) is 84.2 cm³/mol. The molecular weight excluding hydrogens is 305 g/mol. The van der Waals surface area contributed by atoms with Crippen LogP contribution in [-0.4, -0.2) is 15.1 Å².